The minimum Gasteiger partial charge on any atom is -0.497 e. The first-order valence-corrected chi connectivity index (χ1v) is 17.4. The molecule has 0 heterocycles. The third-order valence-electron chi connectivity index (χ3n) is 7.62. The number of benzene rings is 4. The van der Waals surface area contributed by atoms with Crippen molar-refractivity contribution < 1.29 is 22.7 Å². The second-order valence-electron chi connectivity index (χ2n) is 11.0. The Morgan fingerprint density at radius 1 is 0.870 bits per heavy atom. The average Bonchev–Trinajstić information content (AvgIpc) is 3.06. The number of nitrogens with one attached hydrogen (secondary N) is 1. The van der Waals surface area contributed by atoms with Crippen LogP contribution in [0.2, 0.25) is 0 Å². The van der Waals surface area contributed by atoms with Gasteiger partial charge in [-0.3, -0.25) is 13.9 Å². The number of carbonyl (C=O) groups is 2. The number of rotatable bonds is 15. The number of unbranched alkanes of at least 4 members (excludes halogenated alkanes) is 1. The summed E-state index contributed by atoms with van der Waals surface area (Å²) < 4.78 is 35.6. The molecule has 0 aliphatic rings. The Labute approximate surface area is 280 Å². The zero-order chi connectivity index (χ0) is 33.1. The number of hydrogen-bond donors (Lipinski definition) is 1. The molecule has 10 heteroatoms. The topological polar surface area (TPSA) is 96.0 Å². The van der Waals surface area contributed by atoms with Gasteiger partial charge in [0.1, 0.15) is 18.3 Å². The van der Waals surface area contributed by atoms with Crippen LogP contribution in [0.25, 0.3) is 0 Å². The highest BCUT2D eigenvalue weighted by molar-refractivity contribution is 9.10. The summed E-state index contributed by atoms with van der Waals surface area (Å²) in [5.74, 6) is -0.257. The predicted octanol–water partition coefficient (Wildman–Crippen LogP) is 6.52. The van der Waals surface area contributed by atoms with Crippen LogP contribution in [0.1, 0.15) is 36.5 Å². The van der Waals surface area contributed by atoms with E-state index in [1.54, 1.807) is 36.4 Å². The van der Waals surface area contributed by atoms with Gasteiger partial charge in [0.05, 0.1) is 17.7 Å². The molecule has 4 aromatic rings. The van der Waals surface area contributed by atoms with Crippen LogP contribution >= 0.6 is 15.9 Å². The Hall–Kier alpha value is -4.15. The molecule has 0 bridgehead atoms. The number of hydrogen-bond acceptors (Lipinski definition) is 5. The van der Waals surface area contributed by atoms with Gasteiger partial charge in [0, 0.05) is 24.0 Å². The molecule has 8 nitrogen and oxygen atoms in total. The molecular weight excluding hydrogens is 666 g/mol. The summed E-state index contributed by atoms with van der Waals surface area (Å²) in [5.41, 5.74) is 2.88. The minimum absolute atomic E-state index is 0.0549. The average molecular weight is 707 g/mol. The van der Waals surface area contributed by atoms with E-state index in [9.17, 15) is 18.0 Å². The molecule has 0 saturated heterocycles. The minimum atomic E-state index is -4.18. The molecule has 0 aromatic heterocycles. The van der Waals surface area contributed by atoms with Gasteiger partial charge >= 0.3 is 0 Å². The molecule has 0 saturated carbocycles. The van der Waals surface area contributed by atoms with Crippen molar-refractivity contribution in [2.45, 2.75) is 50.6 Å². The van der Waals surface area contributed by atoms with Crippen molar-refractivity contribution in [3.63, 3.8) is 0 Å². The van der Waals surface area contributed by atoms with Gasteiger partial charge in [-0.05, 0) is 73.0 Å². The number of ether oxygens (including phenoxy) is 1. The van der Waals surface area contributed by atoms with E-state index in [4.69, 9.17) is 4.74 Å². The number of aryl methyl sites for hydroxylation is 1. The van der Waals surface area contributed by atoms with Crippen LogP contribution in [-0.4, -0.2) is 51.4 Å². The number of amides is 2. The van der Waals surface area contributed by atoms with Crippen LogP contribution in [-0.2, 0) is 32.6 Å². The summed E-state index contributed by atoms with van der Waals surface area (Å²) in [5, 5.41) is 3.01. The van der Waals surface area contributed by atoms with Gasteiger partial charge in [-0.2, -0.15) is 0 Å². The first kappa shape index (κ1) is 34.7. The fourth-order valence-electron chi connectivity index (χ4n) is 4.96. The summed E-state index contributed by atoms with van der Waals surface area (Å²) in [6.07, 6.45) is 1.96. The van der Waals surface area contributed by atoms with Crippen molar-refractivity contribution in [3.05, 3.63) is 124 Å². The standard InChI is InChI=1S/C36H40BrN3O5S/c1-4-5-23-38-36(42)34(24-28-9-7-6-8-10-28)39(25-29-13-15-30(37)16-14-29)35(41)26-40(31-17-19-32(45-3)20-18-31)46(43,44)33-21-11-27(2)12-22-33/h6-22,34H,4-5,23-26H2,1-3H3,(H,38,42). The van der Waals surface area contributed by atoms with E-state index in [0.717, 1.165) is 38.3 Å². The normalized spacial score (nSPS) is 11.8. The molecule has 0 spiro atoms. The fraction of sp³-hybridized carbons (Fsp3) is 0.278. The number of anilines is 1. The molecule has 4 rings (SSSR count). The molecule has 1 atom stereocenters. The number of nitrogens with zero attached hydrogens (tertiary/aromatic N) is 2. The molecule has 46 heavy (non-hydrogen) atoms. The van der Waals surface area contributed by atoms with Crippen molar-refractivity contribution in [2.75, 3.05) is 24.5 Å². The predicted molar refractivity (Wildman–Crippen MR) is 185 cm³/mol. The van der Waals surface area contributed by atoms with E-state index in [2.05, 4.69) is 21.2 Å². The summed E-state index contributed by atoms with van der Waals surface area (Å²) in [7, 11) is -2.66. The Bertz CT molecular complexity index is 1680. The van der Waals surface area contributed by atoms with Gasteiger partial charge in [0.15, 0.2) is 0 Å². The lowest BCUT2D eigenvalue weighted by Gasteiger charge is -2.34. The maximum atomic E-state index is 14.5. The van der Waals surface area contributed by atoms with Gasteiger partial charge < -0.3 is 15.0 Å². The van der Waals surface area contributed by atoms with Gasteiger partial charge in [0.2, 0.25) is 11.8 Å². The van der Waals surface area contributed by atoms with Gasteiger partial charge in [0.25, 0.3) is 10.0 Å². The van der Waals surface area contributed by atoms with E-state index < -0.39 is 28.5 Å². The quantitative estimate of drug-likeness (QED) is 0.142. The highest BCUT2D eigenvalue weighted by Crippen LogP contribution is 2.27. The third-order valence-corrected chi connectivity index (χ3v) is 9.93. The molecule has 242 valence electrons. The number of carbonyl (C=O) groups excluding carboxylic acids is 2. The van der Waals surface area contributed by atoms with Gasteiger partial charge in [-0.1, -0.05) is 89.4 Å². The van der Waals surface area contributed by atoms with Crippen LogP contribution in [0.4, 0.5) is 5.69 Å². The first-order valence-electron chi connectivity index (χ1n) is 15.2. The summed E-state index contributed by atoms with van der Waals surface area (Å²) >= 11 is 3.46. The zero-order valence-electron chi connectivity index (χ0n) is 26.4. The monoisotopic (exact) mass is 705 g/mol. The number of methoxy groups -OCH3 is 1. The second-order valence-corrected chi connectivity index (χ2v) is 13.8. The van der Waals surface area contributed by atoms with E-state index in [0.29, 0.717) is 18.0 Å². The molecule has 4 aromatic carbocycles. The Kier molecular flexibility index (Phi) is 12.4. The second kappa shape index (κ2) is 16.4. The van der Waals surface area contributed by atoms with E-state index in [-0.39, 0.29) is 23.8 Å². The summed E-state index contributed by atoms with van der Waals surface area (Å²) in [6.45, 7) is 3.97. The van der Waals surface area contributed by atoms with Crippen LogP contribution in [0, 0.1) is 6.92 Å². The Morgan fingerprint density at radius 2 is 1.52 bits per heavy atom. The van der Waals surface area contributed by atoms with Crippen LogP contribution in [0.5, 0.6) is 5.75 Å². The third kappa shape index (κ3) is 9.20. The van der Waals surface area contributed by atoms with Crippen molar-refractivity contribution in [1.29, 1.82) is 0 Å². The molecule has 1 unspecified atom stereocenters. The maximum absolute atomic E-state index is 14.5. The molecule has 2 amide bonds. The Morgan fingerprint density at radius 3 is 2.13 bits per heavy atom. The van der Waals surface area contributed by atoms with Crippen molar-refractivity contribution >= 4 is 43.5 Å². The van der Waals surface area contributed by atoms with Gasteiger partial charge in [-0.25, -0.2) is 8.42 Å². The molecular formula is C36H40BrN3O5S. The molecule has 0 radical (unpaired) electrons. The van der Waals surface area contributed by atoms with E-state index in [1.165, 1.54) is 24.1 Å². The van der Waals surface area contributed by atoms with Crippen LogP contribution in [0.15, 0.2) is 112 Å². The lowest BCUT2D eigenvalue weighted by atomic mass is 10.0. The van der Waals surface area contributed by atoms with Gasteiger partial charge in [-0.15, -0.1) is 0 Å². The summed E-state index contributed by atoms with van der Waals surface area (Å²) in [6, 6.07) is 29.1. The largest absolute Gasteiger partial charge is 0.497 e. The first-order chi connectivity index (χ1) is 22.1. The lowest BCUT2D eigenvalue weighted by molar-refractivity contribution is -0.140. The molecule has 1 N–H and O–H groups in total. The maximum Gasteiger partial charge on any atom is 0.264 e. The van der Waals surface area contributed by atoms with Crippen molar-refractivity contribution in [3.8, 4) is 5.75 Å². The smallest absolute Gasteiger partial charge is 0.264 e. The molecule has 0 aliphatic carbocycles. The van der Waals surface area contributed by atoms with E-state index in [1.807, 2.05) is 68.4 Å². The molecule has 0 aliphatic heterocycles. The van der Waals surface area contributed by atoms with Crippen molar-refractivity contribution in [1.82, 2.24) is 10.2 Å². The fourth-order valence-corrected chi connectivity index (χ4v) is 6.64. The van der Waals surface area contributed by atoms with Crippen LogP contribution in [0.3, 0.4) is 0 Å². The zero-order valence-corrected chi connectivity index (χ0v) is 28.8. The highest BCUT2D eigenvalue weighted by atomic mass is 79.9. The Balaban J connectivity index is 1.78. The lowest BCUT2D eigenvalue weighted by Crippen LogP contribution is -2.53. The number of sulfonamides is 1. The SMILES string of the molecule is CCCCNC(=O)C(Cc1ccccc1)N(Cc1ccc(Br)cc1)C(=O)CN(c1ccc(OC)cc1)S(=O)(=O)c1ccc(C)cc1. The number of halogens is 1. The van der Waals surface area contributed by atoms with Crippen LogP contribution < -0.4 is 14.4 Å². The summed E-state index contributed by atoms with van der Waals surface area (Å²) in [4.78, 5) is 29.9. The highest BCUT2D eigenvalue weighted by Gasteiger charge is 2.34. The molecule has 0 fully saturated rings. The van der Waals surface area contributed by atoms with E-state index >= 15 is 0 Å². The van der Waals surface area contributed by atoms with Crippen molar-refractivity contribution in [2.24, 2.45) is 0 Å².